The zero-order chi connectivity index (χ0) is 22.2. The second-order valence-electron chi connectivity index (χ2n) is 9.72. The summed E-state index contributed by atoms with van der Waals surface area (Å²) in [5, 5.41) is 5.60. The molecule has 2 fully saturated rings. The smallest absolute Gasteiger partial charge is 0.410 e. The quantitative estimate of drug-likeness (QED) is 0.702. The predicted molar refractivity (Wildman–Crippen MR) is 115 cm³/mol. The van der Waals surface area contributed by atoms with Gasteiger partial charge < -0.3 is 19.7 Å². The Hall–Kier alpha value is -2.77. The van der Waals surface area contributed by atoms with Crippen LogP contribution in [-0.2, 0) is 20.7 Å². The molecular weight excluding hydrogens is 398 g/mol. The van der Waals surface area contributed by atoms with Crippen molar-refractivity contribution < 1.29 is 23.9 Å². The molecule has 3 aliphatic rings. The highest BCUT2D eigenvalue weighted by molar-refractivity contribution is 6.01. The van der Waals surface area contributed by atoms with Crippen LogP contribution >= 0.6 is 0 Å². The molecule has 0 saturated carbocycles. The standard InChI is InChI=1S/C23H31N3O5/c1-22(2,3)31-21(29)26-12-10-23(11-13-26)9-8-15-14-16(4-6-18(15)30-23)24-17-5-7-19(27)25-20(17)28/h4,6,14,17,24H,5,7-13H2,1-3H3,(H,25,27,28). The fraction of sp³-hybridized carbons (Fsp3) is 0.609. The molecular formula is C23H31N3O5. The number of piperidine rings is 2. The first-order chi connectivity index (χ1) is 14.6. The van der Waals surface area contributed by atoms with E-state index < -0.39 is 11.6 Å². The number of rotatable bonds is 2. The highest BCUT2D eigenvalue weighted by Crippen LogP contribution is 2.40. The molecule has 3 aliphatic heterocycles. The Morgan fingerprint density at radius 3 is 2.61 bits per heavy atom. The Labute approximate surface area is 182 Å². The van der Waals surface area contributed by atoms with Crippen molar-refractivity contribution in [2.75, 3.05) is 18.4 Å². The van der Waals surface area contributed by atoms with E-state index in [1.54, 1.807) is 4.90 Å². The highest BCUT2D eigenvalue weighted by Gasteiger charge is 2.41. The van der Waals surface area contributed by atoms with Gasteiger partial charge in [0.15, 0.2) is 0 Å². The monoisotopic (exact) mass is 429 g/mol. The van der Waals surface area contributed by atoms with E-state index in [9.17, 15) is 14.4 Å². The van der Waals surface area contributed by atoms with Crippen molar-refractivity contribution in [2.45, 2.75) is 76.5 Å². The number of amides is 3. The third kappa shape index (κ3) is 4.94. The summed E-state index contributed by atoms with van der Waals surface area (Å²) in [6.07, 6.45) is 3.92. The maximum Gasteiger partial charge on any atom is 0.410 e. The fourth-order valence-corrected chi connectivity index (χ4v) is 4.42. The van der Waals surface area contributed by atoms with Gasteiger partial charge in [0.2, 0.25) is 11.8 Å². The molecule has 1 aromatic rings. The largest absolute Gasteiger partial charge is 0.487 e. The number of ether oxygens (including phenoxy) is 2. The molecule has 0 radical (unpaired) electrons. The molecule has 0 aromatic heterocycles. The van der Waals surface area contributed by atoms with Gasteiger partial charge in [-0.05, 0) is 63.8 Å². The van der Waals surface area contributed by atoms with Gasteiger partial charge in [0, 0.05) is 38.0 Å². The topological polar surface area (TPSA) is 97.0 Å². The molecule has 1 unspecified atom stereocenters. The van der Waals surface area contributed by atoms with Crippen LogP contribution in [0.1, 0.15) is 58.4 Å². The number of carbonyl (C=O) groups is 3. The van der Waals surface area contributed by atoms with E-state index in [0.717, 1.165) is 42.7 Å². The predicted octanol–water partition coefficient (Wildman–Crippen LogP) is 3.00. The third-order valence-electron chi connectivity index (χ3n) is 6.14. The van der Waals surface area contributed by atoms with Crippen LogP contribution in [0.3, 0.4) is 0 Å². The summed E-state index contributed by atoms with van der Waals surface area (Å²) in [5.74, 6) is 0.372. The molecule has 3 amide bonds. The van der Waals surface area contributed by atoms with E-state index in [1.807, 2.05) is 39.0 Å². The van der Waals surface area contributed by atoms with Gasteiger partial charge in [-0.3, -0.25) is 14.9 Å². The minimum Gasteiger partial charge on any atom is -0.487 e. The van der Waals surface area contributed by atoms with Crippen LogP contribution < -0.4 is 15.4 Å². The first-order valence-corrected chi connectivity index (χ1v) is 11.0. The number of hydrogen-bond donors (Lipinski definition) is 2. The van der Waals surface area contributed by atoms with E-state index >= 15 is 0 Å². The normalized spacial score (nSPS) is 22.9. The maximum absolute atomic E-state index is 12.3. The van der Waals surface area contributed by atoms with Crippen molar-refractivity contribution >= 4 is 23.6 Å². The van der Waals surface area contributed by atoms with Crippen LogP contribution in [0, 0.1) is 0 Å². The SMILES string of the molecule is CC(C)(C)OC(=O)N1CCC2(CCc3cc(NC4CCC(=O)NC4=O)ccc3O2)CC1. The van der Waals surface area contributed by atoms with Gasteiger partial charge in [0.25, 0.3) is 0 Å². The second-order valence-corrected chi connectivity index (χ2v) is 9.72. The lowest BCUT2D eigenvalue weighted by molar-refractivity contribution is -0.133. The van der Waals surface area contributed by atoms with Crippen molar-refractivity contribution in [3.05, 3.63) is 23.8 Å². The number of fused-ring (bicyclic) bond motifs is 1. The number of nitrogens with zero attached hydrogens (tertiary/aromatic N) is 1. The third-order valence-corrected chi connectivity index (χ3v) is 6.14. The van der Waals surface area contributed by atoms with Gasteiger partial charge in [-0.2, -0.15) is 0 Å². The molecule has 4 rings (SSSR count). The van der Waals surface area contributed by atoms with Crippen LogP contribution in [0.25, 0.3) is 0 Å². The van der Waals surface area contributed by atoms with Crippen molar-refractivity contribution in [3.63, 3.8) is 0 Å². The van der Waals surface area contributed by atoms with E-state index in [2.05, 4.69) is 10.6 Å². The molecule has 2 N–H and O–H groups in total. The molecule has 0 bridgehead atoms. The number of hydrogen-bond acceptors (Lipinski definition) is 6. The van der Waals surface area contributed by atoms with Crippen LogP contribution in [0.4, 0.5) is 10.5 Å². The Morgan fingerprint density at radius 1 is 1.19 bits per heavy atom. The zero-order valence-electron chi connectivity index (χ0n) is 18.5. The number of carbonyl (C=O) groups excluding carboxylic acids is 3. The minimum absolute atomic E-state index is 0.218. The second kappa shape index (κ2) is 8.05. The van der Waals surface area contributed by atoms with E-state index in [-0.39, 0.29) is 23.5 Å². The molecule has 1 atom stereocenters. The first kappa shape index (κ1) is 21.5. The lowest BCUT2D eigenvalue weighted by atomic mass is 9.83. The van der Waals surface area contributed by atoms with Crippen molar-refractivity contribution in [3.8, 4) is 5.75 Å². The van der Waals surface area contributed by atoms with Gasteiger partial charge in [-0.25, -0.2) is 4.79 Å². The van der Waals surface area contributed by atoms with E-state index in [0.29, 0.717) is 25.9 Å². The molecule has 3 heterocycles. The van der Waals surface area contributed by atoms with E-state index in [1.165, 1.54) is 0 Å². The molecule has 1 aromatic carbocycles. The Kier molecular flexibility index (Phi) is 5.58. The van der Waals surface area contributed by atoms with Crippen LogP contribution in [0.5, 0.6) is 5.75 Å². The summed E-state index contributed by atoms with van der Waals surface area (Å²) in [7, 11) is 0. The summed E-state index contributed by atoms with van der Waals surface area (Å²) >= 11 is 0. The summed E-state index contributed by atoms with van der Waals surface area (Å²) < 4.78 is 11.9. The minimum atomic E-state index is -0.494. The molecule has 1 spiro atoms. The lowest BCUT2D eigenvalue weighted by Gasteiger charge is -2.44. The summed E-state index contributed by atoms with van der Waals surface area (Å²) in [5.41, 5.74) is 1.22. The van der Waals surface area contributed by atoms with Crippen LogP contribution in [-0.4, -0.2) is 53.1 Å². The number of anilines is 1. The van der Waals surface area contributed by atoms with Gasteiger partial charge in [0.1, 0.15) is 23.0 Å². The van der Waals surface area contributed by atoms with Crippen molar-refractivity contribution in [2.24, 2.45) is 0 Å². The maximum atomic E-state index is 12.3. The molecule has 168 valence electrons. The number of nitrogens with one attached hydrogen (secondary N) is 2. The Balaban J connectivity index is 1.36. The fourth-order valence-electron chi connectivity index (χ4n) is 4.42. The van der Waals surface area contributed by atoms with Gasteiger partial charge in [-0.15, -0.1) is 0 Å². The molecule has 31 heavy (non-hydrogen) atoms. The Morgan fingerprint density at radius 2 is 1.94 bits per heavy atom. The first-order valence-electron chi connectivity index (χ1n) is 11.0. The molecule has 8 nitrogen and oxygen atoms in total. The molecule has 2 saturated heterocycles. The molecule has 0 aliphatic carbocycles. The van der Waals surface area contributed by atoms with Crippen LogP contribution in [0.15, 0.2) is 18.2 Å². The number of aryl methyl sites for hydroxylation is 1. The lowest BCUT2D eigenvalue weighted by Crippen LogP contribution is -2.52. The van der Waals surface area contributed by atoms with E-state index in [4.69, 9.17) is 9.47 Å². The van der Waals surface area contributed by atoms with Crippen LogP contribution in [0.2, 0.25) is 0 Å². The number of imide groups is 1. The average molecular weight is 430 g/mol. The summed E-state index contributed by atoms with van der Waals surface area (Å²) in [6.45, 7) is 6.88. The Bertz CT molecular complexity index is 884. The summed E-state index contributed by atoms with van der Waals surface area (Å²) in [4.78, 5) is 37.4. The van der Waals surface area contributed by atoms with Gasteiger partial charge in [-0.1, -0.05) is 0 Å². The average Bonchev–Trinajstić information content (AvgIpc) is 2.69. The van der Waals surface area contributed by atoms with Crippen molar-refractivity contribution in [1.29, 1.82) is 0 Å². The van der Waals surface area contributed by atoms with Gasteiger partial charge in [0.05, 0.1) is 0 Å². The summed E-state index contributed by atoms with van der Waals surface area (Å²) in [6, 6.07) is 5.49. The van der Waals surface area contributed by atoms with Crippen molar-refractivity contribution in [1.82, 2.24) is 10.2 Å². The number of likely N-dealkylation sites (tertiary alicyclic amines) is 1. The highest BCUT2D eigenvalue weighted by atomic mass is 16.6. The number of benzene rings is 1. The van der Waals surface area contributed by atoms with Gasteiger partial charge >= 0.3 is 6.09 Å². The molecule has 8 heteroatoms. The zero-order valence-corrected chi connectivity index (χ0v) is 18.5.